The fourth-order valence-corrected chi connectivity index (χ4v) is 4.80. The highest BCUT2D eigenvalue weighted by atomic mass is 35.5. The fourth-order valence-electron chi connectivity index (χ4n) is 4.00. The second kappa shape index (κ2) is 11.3. The van der Waals surface area contributed by atoms with E-state index in [0.717, 1.165) is 63.6 Å². The van der Waals surface area contributed by atoms with Gasteiger partial charge in [-0.15, -0.1) is 0 Å². The van der Waals surface area contributed by atoms with Gasteiger partial charge in [0.15, 0.2) is 0 Å². The van der Waals surface area contributed by atoms with Gasteiger partial charge in [0.25, 0.3) is 0 Å². The van der Waals surface area contributed by atoms with Crippen LogP contribution in [0.1, 0.15) is 31.2 Å². The Bertz CT molecular complexity index is 912. The Balaban J connectivity index is 1.42. The lowest BCUT2D eigenvalue weighted by molar-refractivity contribution is 0.125. The average molecular weight is 450 g/mol. The quantitative estimate of drug-likeness (QED) is 0.557. The topological polar surface area (TPSA) is 66.6 Å². The predicted molar refractivity (Wildman–Crippen MR) is 125 cm³/mol. The van der Waals surface area contributed by atoms with Crippen LogP contribution in [0.5, 0.6) is 0 Å². The van der Waals surface area contributed by atoms with Gasteiger partial charge >= 0.3 is 0 Å². The number of hydrogen-bond donors (Lipinski definition) is 1. The molecule has 2 N–H and O–H groups in total. The third kappa shape index (κ3) is 7.67. The molecular weight excluding hydrogens is 418 g/mol. The first-order chi connectivity index (χ1) is 14.4. The largest absolute Gasteiger partial charge is 0.301 e. The zero-order valence-electron chi connectivity index (χ0n) is 17.5. The molecule has 0 aliphatic carbocycles. The summed E-state index contributed by atoms with van der Waals surface area (Å²) in [6.45, 7) is 6.32. The van der Waals surface area contributed by atoms with Crippen LogP contribution in [0.3, 0.4) is 0 Å². The summed E-state index contributed by atoms with van der Waals surface area (Å²) < 4.78 is 21.9. The van der Waals surface area contributed by atoms with Crippen molar-refractivity contribution in [1.29, 1.82) is 0 Å². The average Bonchev–Trinajstić information content (AvgIpc) is 2.71. The minimum atomic E-state index is -3.31. The molecule has 0 radical (unpaired) electrons. The van der Waals surface area contributed by atoms with E-state index in [-0.39, 0.29) is 5.75 Å². The van der Waals surface area contributed by atoms with Crippen molar-refractivity contribution in [3.63, 3.8) is 0 Å². The summed E-state index contributed by atoms with van der Waals surface area (Å²) in [7, 11) is -3.31. The number of sulfonamides is 1. The standard InChI is InChI=1S/C23H32ClN3O2S/c24-22-10-7-9-20(18-22)23-11-4-3-8-21(23)19-27-15-13-26(14-16-27)12-5-1-2-6-17-30(25,28)29/h3-4,7-11,18H,1-2,5-6,12-17,19H2,(H2,25,28,29). The molecule has 0 unspecified atom stereocenters. The number of unbranched alkanes of at least 4 members (excludes halogenated alkanes) is 3. The van der Waals surface area contributed by atoms with Crippen LogP contribution < -0.4 is 5.14 Å². The molecule has 2 aromatic carbocycles. The van der Waals surface area contributed by atoms with E-state index in [9.17, 15) is 8.42 Å². The van der Waals surface area contributed by atoms with Crippen molar-refractivity contribution >= 4 is 21.6 Å². The van der Waals surface area contributed by atoms with E-state index < -0.39 is 10.0 Å². The molecule has 0 saturated carbocycles. The van der Waals surface area contributed by atoms with Crippen LogP contribution in [-0.4, -0.2) is 56.7 Å². The number of rotatable bonds is 10. The SMILES string of the molecule is NS(=O)(=O)CCCCCCN1CCN(Cc2ccccc2-c2cccc(Cl)c2)CC1. The molecule has 0 aromatic heterocycles. The minimum absolute atomic E-state index is 0.0995. The van der Waals surface area contributed by atoms with Gasteiger partial charge in [0.2, 0.25) is 10.0 Å². The molecule has 1 heterocycles. The van der Waals surface area contributed by atoms with Gasteiger partial charge in [-0.05, 0) is 48.2 Å². The summed E-state index contributed by atoms with van der Waals surface area (Å²) in [5, 5.41) is 5.80. The van der Waals surface area contributed by atoms with Gasteiger partial charge in [-0.1, -0.05) is 60.8 Å². The number of piperazine rings is 1. The Morgan fingerprint density at radius 1 is 0.867 bits per heavy atom. The normalized spacial score (nSPS) is 16.1. The highest BCUT2D eigenvalue weighted by Crippen LogP contribution is 2.27. The predicted octanol–water partition coefficient (Wildman–Crippen LogP) is 3.97. The third-order valence-electron chi connectivity index (χ3n) is 5.67. The van der Waals surface area contributed by atoms with E-state index in [1.54, 1.807) is 0 Å². The van der Waals surface area contributed by atoms with E-state index in [1.165, 1.54) is 16.7 Å². The summed E-state index contributed by atoms with van der Waals surface area (Å²) in [4.78, 5) is 5.03. The second-order valence-electron chi connectivity index (χ2n) is 8.07. The zero-order chi connectivity index (χ0) is 21.4. The number of halogens is 1. The molecular formula is C23H32ClN3O2S. The summed E-state index contributed by atoms with van der Waals surface area (Å²) >= 11 is 6.20. The van der Waals surface area contributed by atoms with Gasteiger partial charge in [0.05, 0.1) is 5.75 Å². The lowest BCUT2D eigenvalue weighted by Gasteiger charge is -2.35. The molecule has 30 heavy (non-hydrogen) atoms. The van der Waals surface area contributed by atoms with Gasteiger partial charge in [-0.3, -0.25) is 4.90 Å². The Morgan fingerprint density at radius 3 is 2.30 bits per heavy atom. The van der Waals surface area contributed by atoms with Gasteiger partial charge < -0.3 is 4.90 Å². The highest BCUT2D eigenvalue weighted by Gasteiger charge is 2.18. The van der Waals surface area contributed by atoms with E-state index in [1.807, 2.05) is 18.2 Å². The maximum Gasteiger partial charge on any atom is 0.209 e. The molecule has 1 aliphatic rings. The van der Waals surface area contributed by atoms with Crippen LogP contribution in [0.15, 0.2) is 48.5 Å². The molecule has 0 amide bonds. The van der Waals surface area contributed by atoms with Crippen molar-refractivity contribution in [2.75, 3.05) is 38.5 Å². The van der Waals surface area contributed by atoms with Crippen molar-refractivity contribution < 1.29 is 8.42 Å². The monoisotopic (exact) mass is 449 g/mol. The van der Waals surface area contributed by atoms with Crippen LogP contribution in [-0.2, 0) is 16.6 Å². The molecule has 164 valence electrons. The van der Waals surface area contributed by atoms with E-state index >= 15 is 0 Å². The summed E-state index contributed by atoms with van der Waals surface area (Å²) in [6.07, 6.45) is 3.76. The first kappa shape index (κ1) is 23.2. The van der Waals surface area contributed by atoms with Crippen molar-refractivity contribution in [1.82, 2.24) is 9.80 Å². The molecule has 0 spiro atoms. The molecule has 5 nitrogen and oxygen atoms in total. The maximum absolute atomic E-state index is 10.9. The first-order valence-corrected chi connectivity index (χ1v) is 12.8. The Kier molecular flexibility index (Phi) is 8.72. The van der Waals surface area contributed by atoms with E-state index in [0.29, 0.717) is 6.42 Å². The van der Waals surface area contributed by atoms with Gasteiger partial charge in [0.1, 0.15) is 0 Å². The molecule has 0 atom stereocenters. The molecule has 1 fully saturated rings. The van der Waals surface area contributed by atoms with Crippen LogP contribution >= 0.6 is 11.6 Å². The number of hydrogen-bond acceptors (Lipinski definition) is 4. The van der Waals surface area contributed by atoms with Gasteiger partial charge in [0, 0.05) is 37.7 Å². The van der Waals surface area contributed by atoms with Gasteiger partial charge in [-0.25, -0.2) is 13.6 Å². The summed E-state index contributed by atoms with van der Waals surface area (Å²) in [6, 6.07) is 16.6. The molecule has 7 heteroatoms. The van der Waals surface area contributed by atoms with Crippen LogP contribution in [0, 0.1) is 0 Å². The van der Waals surface area contributed by atoms with Crippen LogP contribution in [0.4, 0.5) is 0 Å². The second-order valence-corrected chi connectivity index (χ2v) is 10.2. The molecule has 1 saturated heterocycles. The van der Waals surface area contributed by atoms with Crippen molar-refractivity contribution in [2.45, 2.75) is 32.2 Å². The highest BCUT2D eigenvalue weighted by molar-refractivity contribution is 7.89. The fraction of sp³-hybridized carbons (Fsp3) is 0.478. The van der Waals surface area contributed by atoms with Crippen LogP contribution in [0.25, 0.3) is 11.1 Å². The third-order valence-corrected chi connectivity index (χ3v) is 6.76. The summed E-state index contributed by atoms with van der Waals surface area (Å²) in [5.74, 6) is 0.0995. The number of benzene rings is 2. The summed E-state index contributed by atoms with van der Waals surface area (Å²) in [5.41, 5.74) is 3.75. The molecule has 0 bridgehead atoms. The number of primary sulfonamides is 1. The van der Waals surface area contributed by atoms with Gasteiger partial charge in [-0.2, -0.15) is 0 Å². The lowest BCUT2D eigenvalue weighted by atomic mass is 9.99. The molecule has 3 rings (SSSR count). The van der Waals surface area contributed by atoms with E-state index in [2.05, 4.69) is 40.1 Å². The minimum Gasteiger partial charge on any atom is -0.301 e. The lowest BCUT2D eigenvalue weighted by Crippen LogP contribution is -2.46. The Morgan fingerprint density at radius 2 is 1.57 bits per heavy atom. The zero-order valence-corrected chi connectivity index (χ0v) is 19.0. The molecule has 2 aromatic rings. The Labute approximate surface area is 185 Å². The molecule has 1 aliphatic heterocycles. The van der Waals surface area contributed by atoms with Crippen LogP contribution in [0.2, 0.25) is 5.02 Å². The Hall–Kier alpha value is -1.44. The first-order valence-electron chi connectivity index (χ1n) is 10.7. The smallest absolute Gasteiger partial charge is 0.209 e. The maximum atomic E-state index is 10.9. The van der Waals surface area contributed by atoms with E-state index in [4.69, 9.17) is 16.7 Å². The van der Waals surface area contributed by atoms with Crippen molar-refractivity contribution in [3.05, 3.63) is 59.1 Å². The number of nitrogens with zero attached hydrogens (tertiary/aromatic N) is 2. The van der Waals surface area contributed by atoms with Crippen molar-refractivity contribution in [2.24, 2.45) is 5.14 Å². The van der Waals surface area contributed by atoms with Crippen molar-refractivity contribution in [3.8, 4) is 11.1 Å². The number of nitrogens with two attached hydrogens (primary N) is 1.